The average Bonchev–Trinajstić information content (AvgIpc) is 2.55. The molecule has 0 radical (unpaired) electrons. The zero-order valence-electron chi connectivity index (χ0n) is 12.4. The van der Waals surface area contributed by atoms with Crippen molar-refractivity contribution in [3.05, 3.63) is 48.0 Å². The van der Waals surface area contributed by atoms with Crippen LogP contribution in [0.3, 0.4) is 0 Å². The molecule has 0 amide bonds. The Morgan fingerprint density at radius 3 is 2.70 bits per heavy atom. The van der Waals surface area contributed by atoms with Crippen LogP contribution in [0.15, 0.2) is 42.5 Å². The first kappa shape index (κ1) is 14.6. The van der Waals surface area contributed by atoms with Crippen LogP contribution in [0.4, 0.5) is 17.5 Å². The third-order valence-electron chi connectivity index (χ3n) is 3.34. The van der Waals surface area contributed by atoms with Crippen LogP contribution < -0.4 is 21.5 Å². The Kier molecular flexibility index (Phi) is 3.68. The number of rotatable bonds is 3. The standard InChI is InChI=1S/C16H15N5O2/c1-19-12-5-3-2-4-10(12)15(22)23-9-6-7-13-11(8-9)14(17)21-16(18)20-13/h2-8,19H,1H3,(H4,17,18,20,21). The first-order chi connectivity index (χ1) is 11.1. The van der Waals surface area contributed by atoms with Gasteiger partial charge < -0.3 is 21.5 Å². The minimum absolute atomic E-state index is 0.0997. The molecule has 3 rings (SSSR count). The average molecular weight is 309 g/mol. The van der Waals surface area contributed by atoms with Crippen molar-refractivity contribution in [2.45, 2.75) is 0 Å². The molecule has 0 saturated carbocycles. The molecule has 0 fully saturated rings. The normalized spacial score (nSPS) is 10.5. The van der Waals surface area contributed by atoms with E-state index in [0.29, 0.717) is 27.9 Å². The van der Waals surface area contributed by atoms with Crippen molar-refractivity contribution in [3.63, 3.8) is 0 Å². The van der Waals surface area contributed by atoms with E-state index in [0.717, 1.165) is 0 Å². The van der Waals surface area contributed by atoms with Gasteiger partial charge in [0.25, 0.3) is 0 Å². The maximum atomic E-state index is 12.3. The predicted octanol–water partition coefficient (Wildman–Crippen LogP) is 2.06. The molecule has 7 heteroatoms. The van der Waals surface area contributed by atoms with Gasteiger partial charge in [-0.1, -0.05) is 12.1 Å². The predicted molar refractivity (Wildman–Crippen MR) is 89.3 cm³/mol. The van der Waals surface area contributed by atoms with Crippen LogP contribution in [-0.2, 0) is 0 Å². The molecule has 1 heterocycles. The molecule has 0 aliphatic rings. The third kappa shape index (κ3) is 2.84. The van der Waals surface area contributed by atoms with Gasteiger partial charge in [-0.05, 0) is 30.3 Å². The Morgan fingerprint density at radius 1 is 1.13 bits per heavy atom. The molecular weight excluding hydrogens is 294 g/mol. The van der Waals surface area contributed by atoms with E-state index < -0.39 is 5.97 Å². The number of benzene rings is 2. The molecule has 2 aromatic carbocycles. The maximum absolute atomic E-state index is 12.3. The van der Waals surface area contributed by atoms with Crippen LogP contribution in [0.2, 0.25) is 0 Å². The Labute approximate surface area is 132 Å². The first-order valence-electron chi connectivity index (χ1n) is 6.90. The molecule has 23 heavy (non-hydrogen) atoms. The quantitative estimate of drug-likeness (QED) is 0.501. The van der Waals surface area contributed by atoms with Crippen LogP contribution in [-0.4, -0.2) is 23.0 Å². The van der Waals surface area contributed by atoms with E-state index >= 15 is 0 Å². The number of aromatic nitrogens is 2. The minimum atomic E-state index is -0.468. The number of fused-ring (bicyclic) bond motifs is 1. The fraction of sp³-hybridized carbons (Fsp3) is 0.0625. The minimum Gasteiger partial charge on any atom is -0.423 e. The summed E-state index contributed by atoms with van der Waals surface area (Å²) in [6.45, 7) is 0. The van der Waals surface area contributed by atoms with E-state index in [9.17, 15) is 4.79 Å². The lowest BCUT2D eigenvalue weighted by molar-refractivity contribution is 0.0736. The zero-order valence-corrected chi connectivity index (χ0v) is 12.4. The number of nitrogen functional groups attached to an aromatic ring is 2. The highest BCUT2D eigenvalue weighted by molar-refractivity contribution is 5.97. The van der Waals surface area contributed by atoms with Crippen LogP contribution in [0.1, 0.15) is 10.4 Å². The van der Waals surface area contributed by atoms with Gasteiger partial charge in [-0.3, -0.25) is 0 Å². The fourth-order valence-corrected chi connectivity index (χ4v) is 2.25. The summed E-state index contributed by atoms with van der Waals surface area (Å²) in [6.07, 6.45) is 0. The number of para-hydroxylation sites is 1. The Morgan fingerprint density at radius 2 is 1.91 bits per heavy atom. The second-order valence-corrected chi connectivity index (χ2v) is 4.83. The van der Waals surface area contributed by atoms with Gasteiger partial charge >= 0.3 is 5.97 Å². The highest BCUT2D eigenvalue weighted by Gasteiger charge is 2.13. The van der Waals surface area contributed by atoms with Crippen molar-refractivity contribution in [2.75, 3.05) is 23.8 Å². The van der Waals surface area contributed by atoms with Crippen molar-refractivity contribution >= 4 is 34.3 Å². The molecular formula is C16H15N5O2. The summed E-state index contributed by atoms with van der Waals surface area (Å²) < 4.78 is 5.41. The second kappa shape index (κ2) is 5.80. The summed E-state index contributed by atoms with van der Waals surface area (Å²) in [4.78, 5) is 20.3. The van der Waals surface area contributed by atoms with Crippen molar-refractivity contribution in [1.82, 2.24) is 9.97 Å². The number of nitrogens with zero attached hydrogens (tertiary/aromatic N) is 2. The van der Waals surface area contributed by atoms with Gasteiger partial charge in [0.1, 0.15) is 11.6 Å². The van der Waals surface area contributed by atoms with Crippen LogP contribution in [0, 0.1) is 0 Å². The molecule has 0 bridgehead atoms. The Hall–Kier alpha value is -3.35. The highest BCUT2D eigenvalue weighted by atomic mass is 16.5. The van der Waals surface area contributed by atoms with E-state index in [1.807, 2.05) is 6.07 Å². The molecule has 7 nitrogen and oxygen atoms in total. The number of hydrogen-bond donors (Lipinski definition) is 3. The number of anilines is 3. The summed E-state index contributed by atoms with van der Waals surface area (Å²) >= 11 is 0. The molecule has 116 valence electrons. The van der Waals surface area contributed by atoms with Gasteiger partial charge in [0.15, 0.2) is 0 Å². The SMILES string of the molecule is CNc1ccccc1C(=O)Oc1ccc2nc(N)nc(N)c2c1. The molecule has 0 saturated heterocycles. The van der Waals surface area contributed by atoms with Gasteiger partial charge in [0.2, 0.25) is 5.95 Å². The zero-order chi connectivity index (χ0) is 16.4. The first-order valence-corrected chi connectivity index (χ1v) is 6.90. The molecule has 0 unspecified atom stereocenters. The largest absolute Gasteiger partial charge is 0.423 e. The smallest absolute Gasteiger partial charge is 0.345 e. The highest BCUT2D eigenvalue weighted by Crippen LogP contribution is 2.25. The van der Waals surface area contributed by atoms with Crippen molar-refractivity contribution in [3.8, 4) is 5.75 Å². The molecule has 0 atom stereocenters. The maximum Gasteiger partial charge on any atom is 0.345 e. The molecule has 0 spiro atoms. The fourth-order valence-electron chi connectivity index (χ4n) is 2.25. The van der Waals surface area contributed by atoms with E-state index in [-0.39, 0.29) is 11.8 Å². The van der Waals surface area contributed by atoms with E-state index in [1.165, 1.54) is 0 Å². The van der Waals surface area contributed by atoms with Crippen LogP contribution in [0.25, 0.3) is 10.9 Å². The lowest BCUT2D eigenvalue weighted by Crippen LogP contribution is -2.11. The van der Waals surface area contributed by atoms with E-state index in [1.54, 1.807) is 43.4 Å². The summed E-state index contributed by atoms with van der Waals surface area (Å²) in [5.74, 6) is 0.224. The number of carbonyl (C=O) groups is 1. The summed E-state index contributed by atoms with van der Waals surface area (Å²) in [7, 11) is 1.74. The monoisotopic (exact) mass is 309 g/mol. The summed E-state index contributed by atoms with van der Waals surface area (Å²) in [5.41, 5.74) is 13.1. The molecule has 0 aliphatic heterocycles. The number of ether oxygens (including phenoxy) is 1. The van der Waals surface area contributed by atoms with Crippen LogP contribution in [0.5, 0.6) is 5.75 Å². The van der Waals surface area contributed by atoms with Crippen molar-refractivity contribution in [2.24, 2.45) is 0 Å². The summed E-state index contributed by atoms with van der Waals surface area (Å²) in [6, 6.07) is 12.0. The van der Waals surface area contributed by atoms with Crippen molar-refractivity contribution < 1.29 is 9.53 Å². The van der Waals surface area contributed by atoms with Gasteiger partial charge in [-0.2, -0.15) is 4.98 Å². The molecule has 5 N–H and O–H groups in total. The van der Waals surface area contributed by atoms with Gasteiger partial charge in [0, 0.05) is 18.1 Å². The van der Waals surface area contributed by atoms with Gasteiger partial charge in [-0.15, -0.1) is 0 Å². The molecule has 1 aromatic heterocycles. The number of nitrogens with one attached hydrogen (secondary N) is 1. The van der Waals surface area contributed by atoms with Gasteiger partial charge in [0.05, 0.1) is 11.1 Å². The summed E-state index contributed by atoms with van der Waals surface area (Å²) in [5, 5.41) is 3.53. The molecule has 0 aliphatic carbocycles. The Bertz CT molecular complexity index is 895. The van der Waals surface area contributed by atoms with Crippen LogP contribution >= 0.6 is 0 Å². The third-order valence-corrected chi connectivity index (χ3v) is 3.34. The molecule has 3 aromatic rings. The second-order valence-electron chi connectivity index (χ2n) is 4.83. The lowest BCUT2D eigenvalue weighted by atomic mass is 10.2. The number of carbonyl (C=O) groups excluding carboxylic acids is 1. The van der Waals surface area contributed by atoms with E-state index in [4.69, 9.17) is 16.2 Å². The lowest BCUT2D eigenvalue weighted by Gasteiger charge is -2.09. The number of esters is 1. The topological polar surface area (TPSA) is 116 Å². The Balaban J connectivity index is 1.94. The van der Waals surface area contributed by atoms with Gasteiger partial charge in [-0.25, -0.2) is 9.78 Å². The number of hydrogen-bond acceptors (Lipinski definition) is 7. The number of nitrogens with two attached hydrogens (primary N) is 2. The van der Waals surface area contributed by atoms with E-state index in [2.05, 4.69) is 15.3 Å². The van der Waals surface area contributed by atoms with Crippen molar-refractivity contribution in [1.29, 1.82) is 0 Å².